The van der Waals surface area contributed by atoms with Crippen LogP contribution < -0.4 is 5.32 Å². The van der Waals surface area contributed by atoms with E-state index in [9.17, 15) is 14.7 Å². The first kappa shape index (κ1) is 18.1. The monoisotopic (exact) mass is 427 g/mol. The Balaban J connectivity index is 1.84. The van der Waals surface area contributed by atoms with Crippen molar-refractivity contribution in [2.24, 2.45) is 0 Å². The number of amides is 1. The molecule has 1 amide bonds. The number of halogens is 1. The van der Waals surface area contributed by atoms with Crippen LogP contribution in [0.1, 0.15) is 15.9 Å². The minimum Gasteiger partial charge on any atom is -0.478 e. The van der Waals surface area contributed by atoms with Gasteiger partial charge in [0.1, 0.15) is 5.56 Å². The Morgan fingerprint density at radius 3 is 2.38 bits per heavy atom. The third-order valence-corrected chi connectivity index (χ3v) is 5.15. The average Bonchev–Trinajstić information content (AvgIpc) is 3.05. The minimum absolute atomic E-state index is 0.0961. The number of hydrogen-bond acceptors (Lipinski definition) is 3. The maximum absolute atomic E-state index is 12.2. The Hall–Kier alpha value is -2.70. The van der Waals surface area contributed by atoms with Gasteiger partial charge in [0.05, 0.1) is 10.6 Å². The number of anilines is 1. The first-order valence-electron chi connectivity index (χ1n) is 7.69. The standard InChI is InChI=1S/C20H14BrNO3S/c21-15-9-7-14(8-10-15)19-18(20(24)25)16(12-26-19)22-17(23)11-6-13-4-2-1-3-5-13/h1-12H,(H,22,23)(H,24,25). The number of carboxylic acids is 1. The molecule has 26 heavy (non-hydrogen) atoms. The summed E-state index contributed by atoms with van der Waals surface area (Å²) < 4.78 is 0.911. The highest BCUT2D eigenvalue weighted by molar-refractivity contribution is 9.10. The molecule has 0 bridgehead atoms. The Bertz CT molecular complexity index is 962. The number of carbonyl (C=O) groups is 2. The predicted molar refractivity (Wildman–Crippen MR) is 109 cm³/mol. The van der Waals surface area contributed by atoms with E-state index in [0.717, 1.165) is 15.6 Å². The lowest BCUT2D eigenvalue weighted by atomic mass is 10.1. The van der Waals surface area contributed by atoms with Gasteiger partial charge >= 0.3 is 5.97 Å². The van der Waals surface area contributed by atoms with E-state index in [1.807, 2.05) is 54.6 Å². The van der Waals surface area contributed by atoms with Crippen molar-refractivity contribution in [2.75, 3.05) is 5.32 Å². The van der Waals surface area contributed by atoms with Gasteiger partial charge in [-0.15, -0.1) is 11.3 Å². The number of carboxylic acid groups (broad SMARTS) is 1. The molecule has 1 heterocycles. The number of benzene rings is 2. The van der Waals surface area contributed by atoms with Gasteiger partial charge in [-0.25, -0.2) is 4.79 Å². The van der Waals surface area contributed by atoms with Crippen LogP contribution in [0.2, 0.25) is 0 Å². The molecule has 2 N–H and O–H groups in total. The van der Waals surface area contributed by atoms with Gasteiger partial charge in [0.25, 0.3) is 0 Å². The maximum atomic E-state index is 12.2. The zero-order valence-electron chi connectivity index (χ0n) is 13.5. The molecule has 0 saturated carbocycles. The molecule has 0 aliphatic rings. The molecule has 3 aromatic rings. The second-order valence-corrected chi connectivity index (χ2v) is 7.19. The predicted octanol–water partition coefficient (Wildman–Crippen LogP) is 5.53. The maximum Gasteiger partial charge on any atom is 0.339 e. The highest BCUT2D eigenvalue weighted by Crippen LogP contribution is 2.36. The van der Waals surface area contributed by atoms with Gasteiger partial charge in [-0.2, -0.15) is 0 Å². The van der Waals surface area contributed by atoms with Crippen LogP contribution in [0.5, 0.6) is 0 Å². The van der Waals surface area contributed by atoms with Gasteiger partial charge in [-0.3, -0.25) is 4.79 Å². The van der Waals surface area contributed by atoms with Gasteiger partial charge in [-0.05, 0) is 29.3 Å². The van der Waals surface area contributed by atoms with Crippen LogP contribution in [-0.4, -0.2) is 17.0 Å². The first-order valence-corrected chi connectivity index (χ1v) is 9.36. The summed E-state index contributed by atoms with van der Waals surface area (Å²) in [6, 6.07) is 16.8. The molecule has 0 radical (unpaired) electrons. The zero-order chi connectivity index (χ0) is 18.5. The normalized spacial score (nSPS) is 10.8. The number of thiophene rings is 1. The van der Waals surface area contributed by atoms with Crippen LogP contribution in [0.25, 0.3) is 16.5 Å². The van der Waals surface area contributed by atoms with E-state index in [2.05, 4.69) is 21.2 Å². The van der Waals surface area contributed by atoms with E-state index in [4.69, 9.17) is 0 Å². The molecule has 0 aliphatic heterocycles. The Kier molecular flexibility index (Phi) is 5.65. The molecule has 6 heteroatoms. The van der Waals surface area contributed by atoms with Gasteiger partial charge in [0, 0.05) is 15.9 Å². The van der Waals surface area contributed by atoms with E-state index in [1.54, 1.807) is 11.5 Å². The van der Waals surface area contributed by atoms with Crippen molar-refractivity contribution in [3.05, 3.63) is 81.7 Å². The molecular formula is C20H14BrNO3S. The largest absolute Gasteiger partial charge is 0.478 e. The topological polar surface area (TPSA) is 66.4 Å². The van der Waals surface area contributed by atoms with Gasteiger partial charge in [0.2, 0.25) is 5.91 Å². The lowest BCUT2D eigenvalue weighted by Crippen LogP contribution is -2.10. The molecular weight excluding hydrogens is 414 g/mol. The fourth-order valence-corrected chi connectivity index (χ4v) is 3.65. The van der Waals surface area contributed by atoms with Crippen molar-refractivity contribution in [1.82, 2.24) is 0 Å². The van der Waals surface area contributed by atoms with Crippen LogP contribution in [-0.2, 0) is 4.79 Å². The molecule has 0 fully saturated rings. The molecule has 3 rings (SSSR count). The van der Waals surface area contributed by atoms with E-state index in [-0.39, 0.29) is 11.5 Å². The molecule has 1 aromatic heterocycles. The summed E-state index contributed by atoms with van der Waals surface area (Å²) in [6.45, 7) is 0. The van der Waals surface area contributed by atoms with Gasteiger partial charge in [0.15, 0.2) is 0 Å². The second kappa shape index (κ2) is 8.12. The van der Waals surface area contributed by atoms with E-state index in [0.29, 0.717) is 10.6 Å². The molecule has 0 atom stereocenters. The summed E-state index contributed by atoms with van der Waals surface area (Å²) in [4.78, 5) is 24.5. The van der Waals surface area contributed by atoms with Gasteiger partial charge in [-0.1, -0.05) is 58.4 Å². The summed E-state index contributed by atoms with van der Waals surface area (Å²) in [5.41, 5.74) is 2.07. The Labute approximate surface area is 162 Å². The summed E-state index contributed by atoms with van der Waals surface area (Å²) in [7, 11) is 0. The summed E-state index contributed by atoms with van der Waals surface area (Å²) >= 11 is 4.65. The molecule has 0 aliphatic carbocycles. The van der Waals surface area contributed by atoms with Crippen molar-refractivity contribution in [3.8, 4) is 10.4 Å². The number of carbonyl (C=O) groups excluding carboxylic acids is 1. The lowest BCUT2D eigenvalue weighted by molar-refractivity contribution is -0.111. The smallest absolute Gasteiger partial charge is 0.339 e. The fourth-order valence-electron chi connectivity index (χ4n) is 2.39. The minimum atomic E-state index is -1.08. The molecule has 4 nitrogen and oxygen atoms in total. The van der Waals surface area contributed by atoms with Gasteiger partial charge < -0.3 is 10.4 Å². The third-order valence-electron chi connectivity index (χ3n) is 3.60. The Morgan fingerprint density at radius 1 is 1.04 bits per heavy atom. The quantitative estimate of drug-likeness (QED) is 0.526. The van der Waals surface area contributed by atoms with Crippen LogP contribution >= 0.6 is 27.3 Å². The SMILES string of the molecule is O=C(C=Cc1ccccc1)Nc1csc(-c2ccc(Br)cc2)c1C(=O)O. The Morgan fingerprint density at radius 2 is 1.73 bits per heavy atom. The van der Waals surface area contributed by atoms with Crippen molar-refractivity contribution in [3.63, 3.8) is 0 Å². The third kappa shape index (κ3) is 4.28. The average molecular weight is 428 g/mol. The molecule has 0 saturated heterocycles. The fraction of sp³-hybridized carbons (Fsp3) is 0. The van der Waals surface area contributed by atoms with Crippen molar-refractivity contribution >= 4 is 50.9 Å². The van der Waals surface area contributed by atoms with E-state index >= 15 is 0 Å². The first-order chi connectivity index (χ1) is 12.5. The summed E-state index contributed by atoms with van der Waals surface area (Å²) in [6.07, 6.45) is 3.07. The van der Waals surface area contributed by atoms with E-state index in [1.165, 1.54) is 17.4 Å². The molecule has 0 unspecified atom stereocenters. The number of nitrogens with one attached hydrogen (secondary N) is 1. The zero-order valence-corrected chi connectivity index (χ0v) is 15.9. The summed E-state index contributed by atoms with van der Waals surface area (Å²) in [5, 5.41) is 13.9. The van der Waals surface area contributed by atoms with Crippen LogP contribution in [0.3, 0.4) is 0 Å². The second-order valence-electron chi connectivity index (χ2n) is 5.40. The number of aromatic carboxylic acids is 1. The molecule has 0 spiro atoms. The highest BCUT2D eigenvalue weighted by atomic mass is 79.9. The van der Waals surface area contributed by atoms with Crippen LogP contribution in [0, 0.1) is 0 Å². The summed E-state index contributed by atoms with van der Waals surface area (Å²) in [5.74, 6) is -1.46. The lowest BCUT2D eigenvalue weighted by Gasteiger charge is -2.04. The number of rotatable bonds is 5. The molecule has 130 valence electrons. The van der Waals surface area contributed by atoms with E-state index < -0.39 is 5.97 Å². The van der Waals surface area contributed by atoms with Crippen LogP contribution in [0.15, 0.2) is 70.5 Å². The van der Waals surface area contributed by atoms with Crippen LogP contribution in [0.4, 0.5) is 5.69 Å². The number of hydrogen-bond donors (Lipinski definition) is 2. The van der Waals surface area contributed by atoms with Crippen molar-refractivity contribution in [1.29, 1.82) is 0 Å². The van der Waals surface area contributed by atoms with Crippen molar-refractivity contribution < 1.29 is 14.7 Å². The highest BCUT2D eigenvalue weighted by Gasteiger charge is 2.20. The van der Waals surface area contributed by atoms with Crippen molar-refractivity contribution in [2.45, 2.75) is 0 Å². The molecule has 2 aromatic carbocycles.